The Balaban J connectivity index is 1.73. The first-order valence-electron chi connectivity index (χ1n) is 7.15. The Bertz CT molecular complexity index is 458. The van der Waals surface area contributed by atoms with Crippen molar-refractivity contribution >= 4 is 21.8 Å². The highest BCUT2D eigenvalue weighted by Gasteiger charge is 2.11. The highest BCUT2D eigenvalue weighted by molar-refractivity contribution is 9.10. The second kappa shape index (κ2) is 7.76. The topological polar surface area (TPSA) is 44.4 Å². The summed E-state index contributed by atoms with van der Waals surface area (Å²) in [7, 11) is 0. The van der Waals surface area contributed by atoms with E-state index < -0.39 is 0 Å². The SMILES string of the molecule is Cc1cccc(C(=O)NCCCN2CCNCC2)c1Br. The van der Waals surface area contributed by atoms with Crippen LogP contribution < -0.4 is 10.6 Å². The first-order valence-corrected chi connectivity index (χ1v) is 7.94. The molecule has 5 heteroatoms. The van der Waals surface area contributed by atoms with Crippen LogP contribution in [-0.2, 0) is 0 Å². The van der Waals surface area contributed by atoms with Gasteiger partial charge in [-0.05, 0) is 47.4 Å². The van der Waals surface area contributed by atoms with E-state index in [1.165, 1.54) is 0 Å². The largest absolute Gasteiger partial charge is 0.352 e. The minimum Gasteiger partial charge on any atom is -0.352 e. The van der Waals surface area contributed by atoms with Crippen molar-refractivity contribution in [3.63, 3.8) is 0 Å². The second-order valence-electron chi connectivity index (χ2n) is 5.14. The van der Waals surface area contributed by atoms with Crippen molar-refractivity contribution in [2.45, 2.75) is 13.3 Å². The molecule has 1 aliphatic rings. The van der Waals surface area contributed by atoms with E-state index in [-0.39, 0.29) is 5.91 Å². The molecule has 1 aromatic rings. The van der Waals surface area contributed by atoms with Gasteiger partial charge in [0.05, 0.1) is 5.56 Å². The summed E-state index contributed by atoms with van der Waals surface area (Å²) in [6.45, 7) is 8.13. The molecule has 2 rings (SSSR count). The maximum absolute atomic E-state index is 12.1. The van der Waals surface area contributed by atoms with Crippen LogP contribution in [0.5, 0.6) is 0 Å². The average molecular weight is 340 g/mol. The molecule has 1 heterocycles. The summed E-state index contributed by atoms with van der Waals surface area (Å²) in [5, 5.41) is 6.34. The molecule has 0 unspecified atom stereocenters. The molecule has 1 aliphatic heterocycles. The number of nitrogens with one attached hydrogen (secondary N) is 2. The van der Waals surface area contributed by atoms with Crippen molar-refractivity contribution in [2.75, 3.05) is 39.3 Å². The minimum atomic E-state index is 0.000820. The fourth-order valence-corrected chi connectivity index (χ4v) is 2.80. The Hall–Kier alpha value is -0.910. The van der Waals surface area contributed by atoms with E-state index in [2.05, 4.69) is 31.5 Å². The van der Waals surface area contributed by atoms with E-state index in [4.69, 9.17) is 0 Å². The zero-order valence-electron chi connectivity index (χ0n) is 11.9. The molecule has 1 saturated heterocycles. The van der Waals surface area contributed by atoms with Gasteiger partial charge in [-0.25, -0.2) is 0 Å². The van der Waals surface area contributed by atoms with Gasteiger partial charge in [0.25, 0.3) is 5.91 Å². The van der Waals surface area contributed by atoms with Gasteiger partial charge in [-0.15, -0.1) is 0 Å². The van der Waals surface area contributed by atoms with Gasteiger partial charge in [-0.2, -0.15) is 0 Å². The Labute approximate surface area is 129 Å². The minimum absolute atomic E-state index is 0.000820. The van der Waals surface area contributed by atoms with E-state index in [0.717, 1.165) is 55.7 Å². The van der Waals surface area contributed by atoms with Crippen LogP contribution in [0.15, 0.2) is 22.7 Å². The summed E-state index contributed by atoms with van der Waals surface area (Å²) in [5.41, 5.74) is 1.80. The predicted octanol–water partition coefficient (Wildman–Crippen LogP) is 1.78. The first kappa shape index (κ1) is 15.5. The van der Waals surface area contributed by atoms with Crippen LogP contribution >= 0.6 is 15.9 Å². The van der Waals surface area contributed by atoms with Crippen molar-refractivity contribution in [1.29, 1.82) is 0 Å². The third kappa shape index (κ3) is 4.30. The molecule has 0 aromatic heterocycles. The normalized spacial score (nSPS) is 16.1. The van der Waals surface area contributed by atoms with Crippen molar-refractivity contribution in [1.82, 2.24) is 15.5 Å². The van der Waals surface area contributed by atoms with Gasteiger partial charge in [0, 0.05) is 37.2 Å². The summed E-state index contributed by atoms with van der Waals surface area (Å²) in [4.78, 5) is 14.5. The number of carbonyl (C=O) groups excluding carboxylic acids is 1. The van der Waals surface area contributed by atoms with Gasteiger partial charge in [0.2, 0.25) is 0 Å². The van der Waals surface area contributed by atoms with Crippen LogP contribution in [-0.4, -0.2) is 50.1 Å². The molecule has 0 bridgehead atoms. The number of benzene rings is 1. The predicted molar refractivity (Wildman–Crippen MR) is 85.1 cm³/mol. The lowest BCUT2D eigenvalue weighted by Crippen LogP contribution is -2.44. The van der Waals surface area contributed by atoms with Crippen LogP contribution in [0.4, 0.5) is 0 Å². The van der Waals surface area contributed by atoms with Crippen LogP contribution in [0, 0.1) is 6.92 Å². The van der Waals surface area contributed by atoms with Gasteiger partial charge < -0.3 is 15.5 Å². The van der Waals surface area contributed by atoms with Crippen molar-refractivity contribution in [3.8, 4) is 0 Å². The third-order valence-electron chi connectivity index (χ3n) is 3.58. The molecule has 1 amide bonds. The standard InChI is InChI=1S/C15H22BrN3O/c1-12-4-2-5-13(14(12)16)15(20)18-6-3-9-19-10-7-17-8-11-19/h2,4-5,17H,3,6-11H2,1H3,(H,18,20). The monoisotopic (exact) mass is 339 g/mol. The summed E-state index contributed by atoms with van der Waals surface area (Å²) in [6, 6.07) is 5.75. The molecular weight excluding hydrogens is 318 g/mol. The molecule has 1 aromatic carbocycles. The molecule has 0 saturated carbocycles. The lowest BCUT2D eigenvalue weighted by molar-refractivity contribution is 0.0950. The van der Waals surface area contributed by atoms with Crippen molar-refractivity contribution in [3.05, 3.63) is 33.8 Å². The van der Waals surface area contributed by atoms with Crippen molar-refractivity contribution in [2.24, 2.45) is 0 Å². The molecule has 2 N–H and O–H groups in total. The van der Waals surface area contributed by atoms with Crippen LogP contribution in [0.3, 0.4) is 0 Å². The van der Waals surface area contributed by atoms with Crippen LogP contribution in [0.2, 0.25) is 0 Å². The Morgan fingerprint density at radius 3 is 2.90 bits per heavy atom. The Kier molecular flexibility index (Phi) is 6.01. The van der Waals surface area contributed by atoms with E-state index >= 15 is 0 Å². The summed E-state index contributed by atoms with van der Waals surface area (Å²) < 4.78 is 0.889. The van der Waals surface area contributed by atoms with Gasteiger partial charge in [-0.3, -0.25) is 4.79 Å². The van der Waals surface area contributed by atoms with Gasteiger partial charge in [-0.1, -0.05) is 12.1 Å². The Morgan fingerprint density at radius 2 is 2.15 bits per heavy atom. The van der Waals surface area contributed by atoms with E-state index in [9.17, 15) is 4.79 Å². The number of rotatable bonds is 5. The molecule has 0 aliphatic carbocycles. The molecular formula is C15H22BrN3O. The number of amides is 1. The number of hydrogen-bond donors (Lipinski definition) is 2. The Morgan fingerprint density at radius 1 is 1.40 bits per heavy atom. The van der Waals surface area contributed by atoms with Crippen molar-refractivity contribution < 1.29 is 4.79 Å². The third-order valence-corrected chi connectivity index (χ3v) is 4.64. The number of aryl methyl sites for hydroxylation is 1. The number of nitrogens with zero attached hydrogens (tertiary/aromatic N) is 1. The zero-order valence-corrected chi connectivity index (χ0v) is 13.5. The first-order chi connectivity index (χ1) is 9.68. The van der Waals surface area contributed by atoms with Crippen LogP contribution in [0.25, 0.3) is 0 Å². The quantitative estimate of drug-likeness (QED) is 0.804. The molecule has 110 valence electrons. The molecule has 0 atom stereocenters. The lowest BCUT2D eigenvalue weighted by Gasteiger charge is -2.27. The van der Waals surface area contributed by atoms with E-state index in [0.29, 0.717) is 5.56 Å². The number of piperazine rings is 1. The smallest absolute Gasteiger partial charge is 0.252 e. The fraction of sp³-hybridized carbons (Fsp3) is 0.533. The highest BCUT2D eigenvalue weighted by atomic mass is 79.9. The fourth-order valence-electron chi connectivity index (χ4n) is 2.36. The molecule has 1 fully saturated rings. The zero-order chi connectivity index (χ0) is 14.4. The number of hydrogen-bond acceptors (Lipinski definition) is 3. The molecule has 4 nitrogen and oxygen atoms in total. The lowest BCUT2D eigenvalue weighted by atomic mass is 10.1. The van der Waals surface area contributed by atoms with Gasteiger partial charge in [0.15, 0.2) is 0 Å². The van der Waals surface area contributed by atoms with Gasteiger partial charge in [0.1, 0.15) is 0 Å². The second-order valence-corrected chi connectivity index (χ2v) is 5.93. The van der Waals surface area contributed by atoms with Crippen LogP contribution in [0.1, 0.15) is 22.3 Å². The molecule has 0 radical (unpaired) electrons. The number of halogens is 1. The highest BCUT2D eigenvalue weighted by Crippen LogP contribution is 2.20. The van der Waals surface area contributed by atoms with E-state index in [1.54, 1.807) is 0 Å². The number of carbonyl (C=O) groups is 1. The summed E-state index contributed by atoms with van der Waals surface area (Å²) in [5.74, 6) is 0.000820. The summed E-state index contributed by atoms with van der Waals surface area (Å²) in [6.07, 6.45) is 0.995. The van der Waals surface area contributed by atoms with Gasteiger partial charge >= 0.3 is 0 Å². The molecule has 20 heavy (non-hydrogen) atoms. The maximum Gasteiger partial charge on any atom is 0.252 e. The molecule has 0 spiro atoms. The summed E-state index contributed by atoms with van der Waals surface area (Å²) >= 11 is 3.48. The average Bonchev–Trinajstić information content (AvgIpc) is 2.47. The van der Waals surface area contributed by atoms with E-state index in [1.807, 2.05) is 25.1 Å². The maximum atomic E-state index is 12.1.